The fraction of sp³-hybridized carbons (Fsp3) is 0.769. The number of aryl methyl sites for hydroxylation is 1. The van der Waals surface area contributed by atoms with E-state index >= 15 is 0 Å². The lowest BCUT2D eigenvalue weighted by Gasteiger charge is -2.21. The second kappa shape index (κ2) is 6.69. The molecule has 0 aliphatic carbocycles. The molecule has 0 bridgehead atoms. The van der Waals surface area contributed by atoms with Crippen molar-refractivity contribution in [3.8, 4) is 0 Å². The van der Waals surface area contributed by atoms with Gasteiger partial charge in [-0.25, -0.2) is 0 Å². The lowest BCUT2D eigenvalue weighted by molar-refractivity contribution is 0.0953. The molecule has 0 radical (unpaired) electrons. The van der Waals surface area contributed by atoms with E-state index in [1.165, 1.54) is 0 Å². The van der Waals surface area contributed by atoms with Crippen molar-refractivity contribution >= 4 is 0 Å². The first-order valence-corrected chi connectivity index (χ1v) is 6.34. The molecule has 1 aromatic rings. The molecule has 0 aromatic carbocycles. The molecule has 1 rings (SSSR count). The molecule has 1 unspecified atom stereocenters. The van der Waals surface area contributed by atoms with Crippen molar-refractivity contribution in [2.24, 2.45) is 13.0 Å². The van der Waals surface area contributed by atoms with Crippen LogP contribution >= 0.6 is 0 Å². The van der Waals surface area contributed by atoms with E-state index in [2.05, 4.69) is 18.9 Å². The molecule has 0 aliphatic heterocycles. The molecule has 16 heavy (non-hydrogen) atoms. The van der Waals surface area contributed by atoms with Crippen LogP contribution in [0.1, 0.15) is 45.2 Å². The van der Waals surface area contributed by atoms with Gasteiger partial charge in [0.25, 0.3) is 0 Å². The Morgan fingerprint density at radius 2 is 1.94 bits per heavy atom. The summed E-state index contributed by atoms with van der Waals surface area (Å²) in [4.78, 5) is 0. The van der Waals surface area contributed by atoms with Crippen LogP contribution in [0, 0.1) is 5.92 Å². The zero-order valence-electron chi connectivity index (χ0n) is 10.7. The van der Waals surface area contributed by atoms with Crippen LogP contribution in [-0.2, 0) is 13.5 Å². The monoisotopic (exact) mass is 224 g/mol. The van der Waals surface area contributed by atoms with Crippen molar-refractivity contribution in [2.45, 2.75) is 52.1 Å². The molecular formula is C13H24N2O. The van der Waals surface area contributed by atoms with Crippen molar-refractivity contribution in [1.82, 2.24) is 9.78 Å². The third kappa shape index (κ3) is 3.97. The Hall–Kier alpha value is -0.830. The number of rotatable bonds is 7. The van der Waals surface area contributed by atoms with Gasteiger partial charge in [-0.05, 0) is 24.8 Å². The van der Waals surface area contributed by atoms with Gasteiger partial charge >= 0.3 is 0 Å². The molecule has 1 N–H and O–H groups in total. The third-order valence-electron chi connectivity index (χ3n) is 3.05. The molecule has 1 atom stereocenters. The summed E-state index contributed by atoms with van der Waals surface area (Å²) < 4.78 is 1.79. The Balaban J connectivity index is 2.50. The van der Waals surface area contributed by atoms with Crippen LogP contribution in [-0.4, -0.2) is 21.0 Å². The van der Waals surface area contributed by atoms with Gasteiger partial charge in [0, 0.05) is 19.7 Å². The molecule has 0 aliphatic rings. The van der Waals surface area contributed by atoms with Crippen LogP contribution in [0.4, 0.5) is 0 Å². The number of aliphatic hydroxyl groups is 1. The molecule has 0 saturated carbocycles. The second-order valence-electron chi connectivity index (χ2n) is 4.59. The number of aromatic nitrogens is 2. The topological polar surface area (TPSA) is 38.0 Å². The molecular weight excluding hydrogens is 200 g/mol. The summed E-state index contributed by atoms with van der Waals surface area (Å²) in [6.45, 7) is 4.35. The Morgan fingerprint density at radius 1 is 1.31 bits per heavy atom. The largest absolute Gasteiger partial charge is 0.392 e. The zero-order valence-corrected chi connectivity index (χ0v) is 10.7. The van der Waals surface area contributed by atoms with Crippen LogP contribution in [0.25, 0.3) is 0 Å². The molecule has 0 spiro atoms. The molecule has 0 amide bonds. The zero-order chi connectivity index (χ0) is 12.0. The van der Waals surface area contributed by atoms with Crippen LogP contribution < -0.4 is 0 Å². The summed E-state index contributed by atoms with van der Waals surface area (Å²) in [5.41, 5.74) is 0.993. The first kappa shape index (κ1) is 13.2. The fourth-order valence-corrected chi connectivity index (χ4v) is 2.22. The number of nitrogens with zero attached hydrogens (tertiary/aromatic N) is 2. The van der Waals surface area contributed by atoms with Gasteiger partial charge in [-0.15, -0.1) is 0 Å². The summed E-state index contributed by atoms with van der Waals surface area (Å²) in [7, 11) is 1.91. The SMILES string of the molecule is CCCC(CCC)C(O)Cc1ccn(C)n1. The lowest BCUT2D eigenvalue weighted by atomic mass is 9.90. The van der Waals surface area contributed by atoms with E-state index in [0.717, 1.165) is 31.4 Å². The standard InChI is InChI=1S/C13H24N2O/c1-4-6-11(7-5-2)13(16)10-12-8-9-15(3)14-12/h8-9,11,13,16H,4-7,10H2,1-3H3. The Morgan fingerprint density at radius 3 is 2.38 bits per heavy atom. The van der Waals surface area contributed by atoms with E-state index in [-0.39, 0.29) is 6.10 Å². The van der Waals surface area contributed by atoms with Crippen molar-refractivity contribution in [1.29, 1.82) is 0 Å². The third-order valence-corrected chi connectivity index (χ3v) is 3.05. The molecule has 92 valence electrons. The molecule has 3 heteroatoms. The van der Waals surface area contributed by atoms with E-state index in [1.54, 1.807) is 4.68 Å². The highest BCUT2D eigenvalue weighted by molar-refractivity contribution is 5.00. The Kier molecular flexibility index (Phi) is 5.53. The average molecular weight is 224 g/mol. The van der Waals surface area contributed by atoms with E-state index in [4.69, 9.17) is 0 Å². The van der Waals surface area contributed by atoms with Crippen LogP contribution in [0.5, 0.6) is 0 Å². The van der Waals surface area contributed by atoms with Crippen LogP contribution in [0.3, 0.4) is 0 Å². The highest BCUT2D eigenvalue weighted by Gasteiger charge is 2.18. The fourth-order valence-electron chi connectivity index (χ4n) is 2.22. The van der Waals surface area contributed by atoms with Crippen molar-refractivity contribution in [3.05, 3.63) is 18.0 Å². The molecule has 1 heterocycles. The first-order chi connectivity index (χ1) is 7.67. The predicted octanol–water partition coefficient (Wildman–Crippen LogP) is 2.54. The lowest BCUT2D eigenvalue weighted by Crippen LogP contribution is -2.23. The van der Waals surface area contributed by atoms with Gasteiger partial charge in [0.15, 0.2) is 0 Å². The van der Waals surface area contributed by atoms with Gasteiger partial charge in [-0.2, -0.15) is 5.10 Å². The maximum Gasteiger partial charge on any atom is 0.0650 e. The van der Waals surface area contributed by atoms with Gasteiger partial charge in [0.2, 0.25) is 0 Å². The number of aliphatic hydroxyl groups excluding tert-OH is 1. The summed E-state index contributed by atoms with van der Waals surface area (Å²) in [6.07, 6.45) is 6.88. The van der Waals surface area contributed by atoms with E-state index in [0.29, 0.717) is 12.3 Å². The van der Waals surface area contributed by atoms with Crippen molar-refractivity contribution in [3.63, 3.8) is 0 Å². The second-order valence-corrected chi connectivity index (χ2v) is 4.59. The van der Waals surface area contributed by atoms with Crippen LogP contribution in [0.2, 0.25) is 0 Å². The normalized spacial score (nSPS) is 13.3. The Bertz CT molecular complexity index is 290. The number of hydrogen-bond donors (Lipinski definition) is 1. The van der Waals surface area contributed by atoms with Crippen LogP contribution in [0.15, 0.2) is 12.3 Å². The van der Waals surface area contributed by atoms with Crippen molar-refractivity contribution < 1.29 is 5.11 Å². The Labute approximate surface area is 98.5 Å². The average Bonchev–Trinajstić information content (AvgIpc) is 2.63. The van der Waals surface area contributed by atoms with E-state index < -0.39 is 0 Å². The smallest absolute Gasteiger partial charge is 0.0650 e. The quantitative estimate of drug-likeness (QED) is 0.773. The first-order valence-electron chi connectivity index (χ1n) is 6.34. The number of hydrogen-bond acceptors (Lipinski definition) is 2. The van der Waals surface area contributed by atoms with Gasteiger partial charge in [-0.3, -0.25) is 4.68 Å². The minimum absolute atomic E-state index is 0.241. The molecule has 1 aromatic heterocycles. The summed E-state index contributed by atoms with van der Waals surface area (Å²) in [5, 5.41) is 14.5. The summed E-state index contributed by atoms with van der Waals surface area (Å²) in [5.74, 6) is 0.428. The van der Waals surface area contributed by atoms with Gasteiger partial charge in [-0.1, -0.05) is 26.7 Å². The van der Waals surface area contributed by atoms with Gasteiger partial charge < -0.3 is 5.11 Å². The predicted molar refractivity (Wildman–Crippen MR) is 66.2 cm³/mol. The summed E-state index contributed by atoms with van der Waals surface area (Å²) in [6, 6.07) is 1.98. The van der Waals surface area contributed by atoms with E-state index in [1.807, 2.05) is 19.3 Å². The van der Waals surface area contributed by atoms with Crippen molar-refractivity contribution in [2.75, 3.05) is 0 Å². The molecule has 3 nitrogen and oxygen atoms in total. The minimum Gasteiger partial charge on any atom is -0.392 e. The van der Waals surface area contributed by atoms with Gasteiger partial charge in [0.1, 0.15) is 0 Å². The van der Waals surface area contributed by atoms with E-state index in [9.17, 15) is 5.11 Å². The maximum atomic E-state index is 10.2. The molecule has 0 saturated heterocycles. The highest BCUT2D eigenvalue weighted by Crippen LogP contribution is 2.20. The van der Waals surface area contributed by atoms with Gasteiger partial charge in [0.05, 0.1) is 11.8 Å². The maximum absolute atomic E-state index is 10.2. The summed E-state index contributed by atoms with van der Waals surface area (Å²) >= 11 is 0. The minimum atomic E-state index is -0.241. The molecule has 0 fully saturated rings. The highest BCUT2D eigenvalue weighted by atomic mass is 16.3.